The van der Waals surface area contributed by atoms with E-state index in [1.165, 1.54) is 4.41 Å². The molecule has 0 aromatic rings. The number of hydrogen-bond acceptors (Lipinski definition) is 0. The second kappa shape index (κ2) is 8.01. The molecule has 0 radical (unpaired) electrons. The number of hydrogen-bond donors (Lipinski definition) is 0. The van der Waals surface area contributed by atoms with Crippen LogP contribution in [0.2, 0.25) is 0 Å². The van der Waals surface area contributed by atoms with Crippen molar-refractivity contribution in [1.82, 2.24) is 0 Å². The Bertz CT molecular complexity index is 220. The van der Waals surface area contributed by atoms with Crippen molar-refractivity contribution in [2.45, 2.75) is 12.8 Å². The van der Waals surface area contributed by atoms with Crippen LogP contribution in [0.5, 0.6) is 0 Å². The molecule has 0 nitrogen and oxygen atoms in total. The Kier molecular flexibility index (Phi) is 8.26. The van der Waals surface area contributed by atoms with Crippen LogP contribution in [0.25, 0.3) is 0 Å². The van der Waals surface area contributed by atoms with Crippen LogP contribution in [0.4, 0.5) is 0 Å². The van der Waals surface area contributed by atoms with Crippen LogP contribution in [0.3, 0.4) is 0 Å². The molecular weight excluding hydrogens is 284 g/mol. The van der Waals surface area contributed by atoms with Gasteiger partial charge >= 0.3 is 71.8 Å². The Balaban J connectivity index is -0.000000144. The molecule has 2 heteroatoms. The first-order chi connectivity index (χ1) is 5.39. The molecule has 2 aliphatic rings. The zero-order valence-corrected chi connectivity index (χ0v) is 14.0. The molecule has 0 aliphatic heterocycles. The predicted molar refractivity (Wildman–Crippen MR) is 54.2 cm³/mol. The van der Waals surface area contributed by atoms with E-state index in [4.69, 9.17) is 0 Å². The summed E-state index contributed by atoms with van der Waals surface area (Å²) in [6, 6.07) is 0. The molecule has 0 saturated heterocycles. The van der Waals surface area contributed by atoms with Crippen LogP contribution in [0.1, 0.15) is 15.7 Å². The van der Waals surface area contributed by atoms with E-state index >= 15 is 0 Å². The molecule has 0 amide bonds. The average Bonchev–Trinajstić information content (AvgIpc) is 2.57. The van der Waals surface area contributed by atoms with Crippen molar-refractivity contribution in [2.75, 3.05) is 0 Å². The van der Waals surface area contributed by atoms with Crippen LogP contribution in [-0.2, 0) is 26.2 Å². The number of allylic oxidation sites excluding steroid dienone is 8. The fourth-order valence-electron chi connectivity index (χ4n) is 0.855. The van der Waals surface area contributed by atoms with E-state index in [2.05, 4.69) is 30.4 Å². The Morgan fingerprint density at radius 1 is 1.33 bits per heavy atom. The summed E-state index contributed by atoms with van der Waals surface area (Å²) in [7, 11) is 0. The number of rotatable bonds is 0. The first-order valence-corrected chi connectivity index (χ1v) is 5.95. The van der Waals surface area contributed by atoms with Gasteiger partial charge < -0.3 is 2.85 Å². The Hall–Kier alpha value is 0.386. The van der Waals surface area contributed by atoms with Gasteiger partial charge in [0.05, 0.1) is 0 Å². The molecule has 0 aromatic heterocycles. The molecular formula is C10H14GeZr. The molecule has 0 unspecified atom stereocenters. The summed E-state index contributed by atoms with van der Waals surface area (Å²) in [6.07, 6.45) is 18.6. The van der Waals surface area contributed by atoms with E-state index in [1.54, 1.807) is 0 Å². The summed E-state index contributed by atoms with van der Waals surface area (Å²) in [6.45, 7) is 0. The summed E-state index contributed by atoms with van der Waals surface area (Å²) in [5.74, 6) is 0. The summed E-state index contributed by atoms with van der Waals surface area (Å²) < 4.78 is 1.46. The van der Waals surface area contributed by atoms with Crippen molar-refractivity contribution in [3.05, 3.63) is 46.9 Å². The van der Waals surface area contributed by atoms with E-state index in [0.29, 0.717) is 0 Å². The van der Waals surface area contributed by atoms with Gasteiger partial charge in [-0.2, -0.15) is 6.08 Å². The predicted octanol–water partition coefficient (Wildman–Crippen LogP) is 1.53. The summed E-state index contributed by atoms with van der Waals surface area (Å²) >= 11 is 0.861. The quantitative estimate of drug-likeness (QED) is 0.470. The van der Waals surface area contributed by atoms with Crippen LogP contribution in [0, 0.1) is 12.2 Å². The molecule has 0 fully saturated rings. The Morgan fingerprint density at radius 3 is 2.33 bits per heavy atom. The fraction of sp³-hybridized carbons (Fsp3) is 0.200. The van der Waals surface area contributed by atoms with E-state index < -0.39 is 0 Å². The minimum atomic E-state index is 0. The first-order valence-electron chi connectivity index (χ1n) is 3.85. The van der Waals surface area contributed by atoms with Gasteiger partial charge in [0.15, 0.2) is 0 Å². The SMILES string of the molecule is [C-]1=CC=CC1.[GeH3][C]1=[C-]CC=C1.[H-].[H-].[Zr+4]. The Labute approximate surface area is 105 Å². The van der Waals surface area contributed by atoms with Gasteiger partial charge in [-0.25, -0.2) is 12.2 Å². The van der Waals surface area contributed by atoms with E-state index in [0.717, 1.165) is 29.4 Å². The average molecular weight is 298 g/mol. The van der Waals surface area contributed by atoms with Crippen molar-refractivity contribution in [2.24, 2.45) is 0 Å². The first kappa shape index (κ1) is 12.4. The molecule has 0 heterocycles. The van der Waals surface area contributed by atoms with E-state index in [-0.39, 0.29) is 29.1 Å². The second-order valence-electron chi connectivity index (χ2n) is 2.47. The van der Waals surface area contributed by atoms with Crippen LogP contribution in [-0.4, -0.2) is 16.5 Å². The third-order valence-electron chi connectivity index (χ3n) is 1.45. The van der Waals surface area contributed by atoms with Gasteiger partial charge in [0, 0.05) is 0 Å². The molecule has 2 aliphatic carbocycles. The smallest absolute Gasteiger partial charge is 1.00 e. The summed E-state index contributed by atoms with van der Waals surface area (Å²) in [5.41, 5.74) is 0. The molecule has 62 valence electrons. The fourth-order valence-corrected chi connectivity index (χ4v) is 1.78. The topological polar surface area (TPSA) is 0 Å². The van der Waals surface area contributed by atoms with Gasteiger partial charge in [-0.1, -0.05) is 0 Å². The molecule has 0 N–H and O–H groups in total. The van der Waals surface area contributed by atoms with Crippen LogP contribution >= 0.6 is 0 Å². The molecule has 12 heavy (non-hydrogen) atoms. The third kappa shape index (κ3) is 5.96. The van der Waals surface area contributed by atoms with Crippen molar-refractivity contribution in [3.63, 3.8) is 0 Å². The monoisotopic (exact) mass is 298 g/mol. The van der Waals surface area contributed by atoms with Crippen LogP contribution < -0.4 is 0 Å². The molecule has 0 aromatic carbocycles. The minimum absolute atomic E-state index is 0. The minimum Gasteiger partial charge on any atom is -1.00 e. The largest absolute Gasteiger partial charge is 4.00 e. The third-order valence-corrected chi connectivity index (χ3v) is 2.89. The maximum absolute atomic E-state index is 3.21. The molecule has 0 spiro atoms. The summed E-state index contributed by atoms with van der Waals surface area (Å²) in [4.78, 5) is 0. The zero-order valence-electron chi connectivity index (χ0n) is 9.30. The van der Waals surface area contributed by atoms with E-state index in [1.807, 2.05) is 12.2 Å². The Morgan fingerprint density at radius 2 is 2.17 bits per heavy atom. The molecule has 0 atom stereocenters. The molecule has 0 saturated carbocycles. The zero-order chi connectivity index (χ0) is 7.94. The van der Waals surface area contributed by atoms with Crippen molar-refractivity contribution in [3.8, 4) is 0 Å². The van der Waals surface area contributed by atoms with Gasteiger partial charge in [-0.05, 0) is 0 Å². The van der Waals surface area contributed by atoms with Gasteiger partial charge in [-0.15, -0.1) is 6.42 Å². The van der Waals surface area contributed by atoms with Gasteiger partial charge in [0.1, 0.15) is 0 Å². The van der Waals surface area contributed by atoms with Gasteiger partial charge in [0.2, 0.25) is 0 Å². The maximum atomic E-state index is 3.21. The van der Waals surface area contributed by atoms with Crippen molar-refractivity contribution in [1.29, 1.82) is 0 Å². The maximum Gasteiger partial charge on any atom is 4.00 e. The summed E-state index contributed by atoms with van der Waals surface area (Å²) in [5, 5.41) is 0. The van der Waals surface area contributed by atoms with Crippen LogP contribution in [0.15, 0.2) is 34.8 Å². The van der Waals surface area contributed by atoms with Crippen molar-refractivity contribution >= 4 is 16.5 Å². The molecule has 0 bridgehead atoms. The van der Waals surface area contributed by atoms with Gasteiger partial charge in [0.25, 0.3) is 0 Å². The second-order valence-corrected chi connectivity index (χ2v) is 4.73. The van der Waals surface area contributed by atoms with Crippen molar-refractivity contribution < 1.29 is 29.1 Å². The molecule has 2 rings (SSSR count). The standard InChI is InChI=1S/C5H7Ge.C5H5.Zr.2H/c6-5-3-1-2-4-5;1-2-4-5-3-1;;;/h1,3H,2H2,6H3;1-3H,4H2;;;/q2*-1;+4;2*-1. The van der Waals surface area contributed by atoms with Gasteiger partial charge in [-0.3, -0.25) is 6.08 Å². The van der Waals surface area contributed by atoms with E-state index in [9.17, 15) is 0 Å². The normalized spacial score (nSPS) is 16.8.